The van der Waals surface area contributed by atoms with Gasteiger partial charge in [0.25, 0.3) is 0 Å². The van der Waals surface area contributed by atoms with Crippen LogP contribution in [0.15, 0.2) is 30.3 Å². The third kappa shape index (κ3) is 2.53. The van der Waals surface area contributed by atoms with Gasteiger partial charge in [-0.05, 0) is 36.7 Å². The molecule has 0 aliphatic heterocycles. The molecule has 2 saturated carbocycles. The molecule has 1 aromatic carbocycles. The fourth-order valence-corrected chi connectivity index (χ4v) is 3.92. The Morgan fingerprint density at radius 3 is 2.52 bits per heavy atom. The van der Waals surface area contributed by atoms with E-state index in [1.54, 1.807) is 12.1 Å². The molecule has 3 rings (SSSR count). The molecule has 2 fully saturated rings. The summed E-state index contributed by atoms with van der Waals surface area (Å²) in [5.41, 5.74) is 6.72. The van der Waals surface area contributed by atoms with E-state index in [0.717, 1.165) is 24.8 Å². The highest BCUT2D eigenvalue weighted by atomic mass is 16.4. The van der Waals surface area contributed by atoms with Crippen LogP contribution in [0.25, 0.3) is 0 Å². The van der Waals surface area contributed by atoms with Gasteiger partial charge in [0.2, 0.25) is 5.91 Å². The number of carbonyl (C=O) groups excluding carboxylic acids is 1. The molecule has 4 unspecified atom stereocenters. The summed E-state index contributed by atoms with van der Waals surface area (Å²) in [7, 11) is 0. The number of aliphatic carboxylic acids is 1. The standard InChI is InChI=1S/C16H20N2O3/c17-13(9-4-2-1-3-5-9)15(19)18-14-11-7-6-10(8-11)12(14)16(20)21/h1-5,10-14H,6-8,17H2,(H,18,19)(H,20,21)/t10?,11?,12?,13-,14?/m1/s1. The molecule has 0 saturated heterocycles. The van der Waals surface area contributed by atoms with Crippen molar-refractivity contribution in [3.05, 3.63) is 35.9 Å². The van der Waals surface area contributed by atoms with Crippen LogP contribution in [0.4, 0.5) is 0 Å². The molecule has 2 bridgehead atoms. The van der Waals surface area contributed by atoms with Crippen molar-refractivity contribution < 1.29 is 14.7 Å². The summed E-state index contributed by atoms with van der Waals surface area (Å²) in [6.07, 6.45) is 2.86. The van der Waals surface area contributed by atoms with Crippen LogP contribution in [-0.2, 0) is 9.59 Å². The van der Waals surface area contributed by atoms with Crippen LogP contribution in [0.2, 0.25) is 0 Å². The lowest BCUT2D eigenvalue weighted by Gasteiger charge is -2.29. The van der Waals surface area contributed by atoms with Crippen molar-refractivity contribution in [3.63, 3.8) is 0 Å². The van der Waals surface area contributed by atoms with Gasteiger partial charge < -0.3 is 16.2 Å². The zero-order chi connectivity index (χ0) is 15.0. The summed E-state index contributed by atoms with van der Waals surface area (Å²) in [6, 6.07) is 8.12. The molecule has 21 heavy (non-hydrogen) atoms. The SMILES string of the molecule is N[C@@H](C(=O)NC1C2CCC(C2)C1C(=O)O)c1ccccc1. The zero-order valence-electron chi connectivity index (χ0n) is 11.7. The van der Waals surface area contributed by atoms with Gasteiger partial charge in [0.05, 0.1) is 5.92 Å². The van der Waals surface area contributed by atoms with Crippen LogP contribution in [-0.4, -0.2) is 23.0 Å². The Morgan fingerprint density at radius 2 is 1.86 bits per heavy atom. The first-order valence-corrected chi connectivity index (χ1v) is 7.41. The van der Waals surface area contributed by atoms with E-state index in [1.165, 1.54) is 0 Å². The van der Waals surface area contributed by atoms with E-state index in [-0.39, 0.29) is 23.8 Å². The molecule has 0 spiro atoms. The largest absolute Gasteiger partial charge is 0.481 e. The van der Waals surface area contributed by atoms with Crippen LogP contribution in [0.3, 0.4) is 0 Å². The molecule has 5 nitrogen and oxygen atoms in total. The average molecular weight is 288 g/mol. The normalized spacial score (nSPS) is 31.9. The minimum Gasteiger partial charge on any atom is -0.481 e. The van der Waals surface area contributed by atoms with Crippen molar-refractivity contribution in [2.45, 2.75) is 31.3 Å². The molecular weight excluding hydrogens is 268 g/mol. The van der Waals surface area contributed by atoms with Crippen LogP contribution in [0.5, 0.6) is 0 Å². The van der Waals surface area contributed by atoms with Gasteiger partial charge >= 0.3 is 5.97 Å². The molecular formula is C16H20N2O3. The maximum absolute atomic E-state index is 12.3. The number of carboxylic acids is 1. The quantitative estimate of drug-likeness (QED) is 0.778. The monoisotopic (exact) mass is 288 g/mol. The molecule has 1 amide bonds. The topological polar surface area (TPSA) is 92.4 Å². The van der Waals surface area contributed by atoms with Gasteiger partial charge in [-0.15, -0.1) is 0 Å². The van der Waals surface area contributed by atoms with E-state index in [0.29, 0.717) is 0 Å². The van der Waals surface area contributed by atoms with Gasteiger partial charge in [0.15, 0.2) is 0 Å². The van der Waals surface area contributed by atoms with E-state index in [9.17, 15) is 14.7 Å². The molecule has 5 heteroatoms. The van der Waals surface area contributed by atoms with E-state index < -0.39 is 17.9 Å². The highest BCUT2D eigenvalue weighted by molar-refractivity contribution is 5.84. The Morgan fingerprint density at radius 1 is 1.19 bits per heavy atom. The number of hydrogen-bond acceptors (Lipinski definition) is 3. The van der Waals surface area contributed by atoms with Gasteiger partial charge in [0.1, 0.15) is 6.04 Å². The van der Waals surface area contributed by atoms with Crippen LogP contribution >= 0.6 is 0 Å². The summed E-state index contributed by atoms with van der Waals surface area (Å²) in [5.74, 6) is -1.07. The average Bonchev–Trinajstić information content (AvgIpc) is 3.08. The Bertz CT molecular complexity index is 546. The van der Waals surface area contributed by atoms with Crippen molar-refractivity contribution in [1.82, 2.24) is 5.32 Å². The van der Waals surface area contributed by atoms with E-state index in [1.807, 2.05) is 18.2 Å². The predicted octanol–water partition coefficient (Wildman–Crippen LogP) is 1.30. The number of carboxylic acid groups (broad SMARTS) is 1. The first-order valence-electron chi connectivity index (χ1n) is 7.41. The minimum atomic E-state index is -0.805. The highest BCUT2D eigenvalue weighted by Crippen LogP contribution is 2.48. The molecule has 0 aromatic heterocycles. The Balaban J connectivity index is 1.71. The van der Waals surface area contributed by atoms with Gasteiger partial charge in [-0.2, -0.15) is 0 Å². The summed E-state index contributed by atoms with van der Waals surface area (Å²) in [4.78, 5) is 23.8. The number of nitrogens with two attached hydrogens (primary N) is 1. The molecule has 112 valence electrons. The number of hydrogen-bond donors (Lipinski definition) is 3. The molecule has 0 heterocycles. The second-order valence-electron chi connectivity index (χ2n) is 6.12. The summed E-state index contributed by atoms with van der Waals surface area (Å²) < 4.78 is 0. The number of amides is 1. The Labute approximate surface area is 123 Å². The van der Waals surface area contributed by atoms with Crippen LogP contribution in [0, 0.1) is 17.8 Å². The summed E-state index contributed by atoms with van der Waals surface area (Å²) in [5, 5.41) is 12.3. The third-order valence-electron chi connectivity index (χ3n) is 4.95. The second kappa shape index (κ2) is 5.48. The van der Waals surface area contributed by atoms with Gasteiger partial charge in [0, 0.05) is 6.04 Å². The highest BCUT2D eigenvalue weighted by Gasteiger charge is 2.51. The fourth-order valence-electron chi connectivity index (χ4n) is 3.92. The minimum absolute atomic E-state index is 0.200. The van der Waals surface area contributed by atoms with E-state index in [4.69, 9.17) is 5.73 Å². The lowest BCUT2D eigenvalue weighted by Crippen LogP contribution is -2.49. The maximum Gasteiger partial charge on any atom is 0.308 e. The number of benzene rings is 1. The zero-order valence-corrected chi connectivity index (χ0v) is 11.7. The van der Waals surface area contributed by atoms with Crippen molar-refractivity contribution >= 4 is 11.9 Å². The Kier molecular flexibility index (Phi) is 3.68. The predicted molar refractivity (Wildman–Crippen MR) is 77.3 cm³/mol. The van der Waals surface area contributed by atoms with E-state index in [2.05, 4.69) is 5.32 Å². The number of fused-ring (bicyclic) bond motifs is 2. The summed E-state index contributed by atoms with van der Waals surface area (Å²) in [6.45, 7) is 0. The van der Waals surface area contributed by atoms with Crippen molar-refractivity contribution in [2.24, 2.45) is 23.5 Å². The van der Waals surface area contributed by atoms with Crippen LogP contribution < -0.4 is 11.1 Å². The Hall–Kier alpha value is -1.88. The second-order valence-corrected chi connectivity index (χ2v) is 6.12. The summed E-state index contributed by atoms with van der Waals surface area (Å²) >= 11 is 0. The van der Waals surface area contributed by atoms with Crippen molar-refractivity contribution in [2.75, 3.05) is 0 Å². The fraction of sp³-hybridized carbons (Fsp3) is 0.500. The molecule has 2 aliphatic carbocycles. The molecule has 2 aliphatic rings. The number of rotatable bonds is 4. The molecule has 5 atom stereocenters. The van der Waals surface area contributed by atoms with Gasteiger partial charge in [-0.3, -0.25) is 9.59 Å². The number of carbonyl (C=O) groups is 2. The maximum atomic E-state index is 12.3. The van der Waals surface area contributed by atoms with Gasteiger partial charge in [-0.1, -0.05) is 30.3 Å². The van der Waals surface area contributed by atoms with Crippen molar-refractivity contribution in [3.8, 4) is 0 Å². The molecule has 0 radical (unpaired) electrons. The van der Waals surface area contributed by atoms with Crippen LogP contribution in [0.1, 0.15) is 30.9 Å². The first kappa shape index (κ1) is 14.1. The smallest absolute Gasteiger partial charge is 0.308 e. The van der Waals surface area contributed by atoms with E-state index >= 15 is 0 Å². The van der Waals surface area contributed by atoms with Crippen molar-refractivity contribution in [1.29, 1.82) is 0 Å². The molecule has 1 aromatic rings. The first-order chi connectivity index (χ1) is 10.1. The molecule has 4 N–H and O–H groups in total. The lowest BCUT2D eigenvalue weighted by atomic mass is 9.84. The lowest BCUT2D eigenvalue weighted by molar-refractivity contribution is -0.144. The number of nitrogens with one attached hydrogen (secondary N) is 1. The third-order valence-corrected chi connectivity index (χ3v) is 4.95. The van der Waals surface area contributed by atoms with Gasteiger partial charge in [-0.25, -0.2) is 0 Å².